The van der Waals surface area contributed by atoms with Gasteiger partial charge < -0.3 is 9.30 Å². The number of methoxy groups -OCH3 is 1. The zero-order valence-electron chi connectivity index (χ0n) is 21.6. The van der Waals surface area contributed by atoms with Gasteiger partial charge in [-0.2, -0.15) is 0 Å². The Labute approximate surface area is 234 Å². The van der Waals surface area contributed by atoms with Crippen LogP contribution in [-0.4, -0.2) is 37.4 Å². The molecule has 0 saturated heterocycles. The molecule has 5 rings (SSSR count). The molecule has 2 aromatic carbocycles. The number of aromatic nitrogens is 5. The molecule has 0 radical (unpaired) electrons. The zero-order chi connectivity index (χ0) is 27.7. The second-order valence-electron chi connectivity index (χ2n) is 9.20. The minimum Gasteiger partial charge on any atom is -0.495 e. The molecular formula is C29H25Cl2N5O3. The van der Waals surface area contributed by atoms with Gasteiger partial charge in [-0.3, -0.25) is 14.6 Å². The lowest BCUT2D eigenvalue weighted by Gasteiger charge is -2.20. The van der Waals surface area contributed by atoms with Crippen LogP contribution in [0.15, 0.2) is 71.8 Å². The number of hydrogen-bond donors (Lipinski definition) is 0. The molecule has 0 N–H and O–H groups in total. The molecule has 39 heavy (non-hydrogen) atoms. The van der Waals surface area contributed by atoms with Crippen molar-refractivity contribution in [1.82, 2.24) is 24.5 Å². The van der Waals surface area contributed by atoms with Gasteiger partial charge in [-0.05, 0) is 55.3 Å². The van der Waals surface area contributed by atoms with Crippen molar-refractivity contribution in [2.45, 2.75) is 32.7 Å². The third-order valence-electron chi connectivity index (χ3n) is 6.59. The van der Waals surface area contributed by atoms with Crippen molar-refractivity contribution in [2.24, 2.45) is 0 Å². The van der Waals surface area contributed by atoms with E-state index >= 15 is 0 Å². The second-order valence-corrected chi connectivity index (χ2v) is 10.0. The van der Waals surface area contributed by atoms with Crippen molar-refractivity contribution in [1.29, 1.82) is 0 Å². The molecule has 5 aromatic rings. The normalized spacial score (nSPS) is 12.0. The Hall–Kier alpha value is -4.01. The topological polar surface area (TPSA) is 91.9 Å². The molecule has 0 amide bonds. The Bertz CT molecular complexity index is 1760. The number of Topliss-reactive ketones (excluding diaryl/α,β-unsaturated/α-hetero) is 1. The Morgan fingerprint density at radius 3 is 2.56 bits per heavy atom. The van der Waals surface area contributed by atoms with Crippen LogP contribution in [0.5, 0.6) is 5.75 Å². The predicted octanol–water partition coefficient (Wildman–Crippen LogP) is 6.03. The lowest BCUT2D eigenvalue weighted by Crippen LogP contribution is -2.30. The van der Waals surface area contributed by atoms with Gasteiger partial charge >= 0.3 is 0 Å². The van der Waals surface area contributed by atoms with Crippen LogP contribution in [0, 0.1) is 6.92 Å². The van der Waals surface area contributed by atoms with Gasteiger partial charge in [-0.1, -0.05) is 47.5 Å². The first-order chi connectivity index (χ1) is 18.8. The Balaban J connectivity index is 1.51. The number of carbonyl (C=O) groups excluding carboxylic acids is 1. The minimum atomic E-state index is -0.666. The van der Waals surface area contributed by atoms with E-state index in [0.717, 1.165) is 22.2 Å². The van der Waals surface area contributed by atoms with Crippen molar-refractivity contribution in [2.75, 3.05) is 7.11 Å². The standard InChI is InChI=1S/C29H25Cl2N5O3/c1-4-24(26(37)12-18-6-9-23-19(11-18)7-5-17(2)32-23)35-15-27(39-3)22(14-29(35)38)21-13-20(30)8-10-25(21)36-16-28(31)33-34-36/h5-11,13-16,24H,4,12H2,1-3H3. The maximum absolute atomic E-state index is 13.5. The van der Waals surface area contributed by atoms with E-state index in [-0.39, 0.29) is 22.9 Å². The second kappa shape index (κ2) is 11.0. The molecule has 0 fully saturated rings. The fourth-order valence-electron chi connectivity index (χ4n) is 4.72. The van der Waals surface area contributed by atoms with Crippen molar-refractivity contribution in [3.8, 4) is 22.6 Å². The quantitative estimate of drug-likeness (QED) is 0.229. The first-order valence-corrected chi connectivity index (χ1v) is 13.1. The van der Waals surface area contributed by atoms with Crippen LogP contribution in [0.4, 0.5) is 0 Å². The smallest absolute Gasteiger partial charge is 0.252 e. The third-order valence-corrected chi connectivity index (χ3v) is 7.00. The van der Waals surface area contributed by atoms with Crippen LogP contribution in [0.2, 0.25) is 10.2 Å². The summed E-state index contributed by atoms with van der Waals surface area (Å²) in [7, 11) is 1.51. The van der Waals surface area contributed by atoms with Crippen LogP contribution in [0.1, 0.15) is 30.6 Å². The highest BCUT2D eigenvalue weighted by molar-refractivity contribution is 6.31. The van der Waals surface area contributed by atoms with Crippen LogP contribution < -0.4 is 10.3 Å². The Morgan fingerprint density at radius 1 is 1.03 bits per heavy atom. The average Bonchev–Trinajstić information content (AvgIpc) is 3.35. The summed E-state index contributed by atoms with van der Waals surface area (Å²) in [6.07, 6.45) is 3.76. The summed E-state index contributed by atoms with van der Waals surface area (Å²) in [6.45, 7) is 3.82. The summed E-state index contributed by atoms with van der Waals surface area (Å²) in [5, 5.41) is 9.54. The summed E-state index contributed by atoms with van der Waals surface area (Å²) in [6, 6.07) is 15.7. The van der Waals surface area contributed by atoms with Crippen molar-refractivity contribution in [3.05, 3.63) is 98.8 Å². The maximum atomic E-state index is 13.5. The molecule has 8 nitrogen and oxygen atoms in total. The van der Waals surface area contributed by atoms with Gasteiger partial charge in [0.1, 0.15) is 5.75 Å². The van der Waals surface area contributed by atoms with E-state index in [2.05, 4.69) is 15.3 Å². The number of aryl methyl sites for hydroxylation is 1. The van der Waals surface area contributed by atoms with Crippen LogP contribution >= 0.6 is 23.2 Å². The highest BCUT2D eigenvalue weighted by atomic mass is 35.5. The predicted molar refractivity (Wildman–Crippen MR) is 152 cm³/mol. The van der Waals surface area contributed by atoms with E-state index in [9.17, 15) is 9.59 Å². The maximum Gasteiger partial charge on any atom is 0.252 e. The number of benzene rings is 2. The van der Waals surface area contributed by atoms with Crippen LogP contribution in [0.25, 0.3) is 27.7 Å². The third kappa shape index (κ3) is 5.44. The van der Waals surface area contributed by atoms with E-state index < -0.39 is 6.04 Å². The van der Waals surface area contributed by atoms with Crippen molar-refractivity contribution < 1.29 is 9.53 Å². The molecule has 0 saturated carbocycles. The van der Waals surface area contributed by atoms with Crippen LogP contribution in [-0.2, 0) is 11.2 Å². The van der Waals surface area contributed by atoms with Gasteiger partial charge in [0.15, 0.2) is 10.9 Å². The first kappa shape index (κ1) is 26.6. The van der Waals surface area contributed by atoms with E-state index in [1.165, 1.54) is 22.4 Å². The van der Waals surface area contributed by atoms with E-state index in [0.29, 0.717) is 34.0 Å². The minimum absolute atomic E-state index is 0.0745. The summed E-state index contributed by atoms with van der Waals surface area (Å²) >= 11 is 12.3. The summed E-state index contributed by atoms with van der Waals surface area (Å²) in [5.74, 6) is 0.331. The molecule has 3 aromatic heterocycles. The number of fused-ring (bicyclic) bond motifs is 1. The fourth-order valence-corrected chi connectivity index (χ4v) is 5.01. The van der Waals surface area contributed by atoms with E-state index in [4.69, 9.17) is 27.9 Å². The molecule has 0 spiro atoms. The molecule has 0 aliphatic carbocycles. The number of nitrogens with zero attached hydrogens (tertiary/aromatic N) is 5. The Morgan fingerprint density at radius 2 is 1.85 bits per heavy atom. The van der Waals surface area contributed by atoms with Gasteiger partial charge in [0.2, 0.25) is 0 Å². The monoisotopic (exact) mass is 561 g/mol. The molecule has 3 heterocycles. The molecule has 0 bridgehead atoms. The van der Waals surface area contributed by atoms with E-state index in [1.807, 2.05) is 44.2 Å². The highest BCUT2D eigenvalue weighted by Gasteiger charge is 2.23. The molecule has 198 valence electrons. The van der Waals surface area contributed by atoms with E-state index in [1.54, 1.807) is 30.6 Å². The number of ether oxygens (including phenoxy) is 1. The molecule has 10 heteroatoms. The summed E-state index contributed by atoms with van der Waals surface area (Å²) < 4.78 is 8.62. The number of hydrogen-bond acceptors (Lipinski definition) is 6. The van der Waals surface area contributed by atoms with Crippen molar-refractivity contribution in [3.63, 3.8) is 0 Å². The molecular weight excluding hydrogens is 537 g/mol. The number of carbonyl (C=O) groups is 1. The van der Waals surface area contributed by atoms with Gasteiger partial charge in [-0.15, -0.1) is 5.10 Å². The largest absolute Gasteiger partial charge is 0.495 e. The highest BCUT2D eigenvalue weighted by Crippen LogP contribution is 2.35. The molecule has 0 aliphatic rings. The number of ketones is 1. The van der Waals surface area contributed by atoms with Crippen LogP contribution in [0.3, 0.4) is 0 Å². The number of rotatable bonds is 8. The fraction of sp³-hybridized carbons (Fsp3) is 0.207. The molecule has 1 unspecified atom stereocenters. The SMILES string of the molecule is CCC(C(=O)Cc1ccc2nc(C)ccc2c1)n1cc(OC)c(-c2cc(Cl)ccc2-n2cc(Cl)nn2)cc1=O. The lowest BCUT2D eigenvalue weighted by molar-refractivity contribution is -0.121. The number of pyridine rings is 2. The van der Waals surface area contributed by atoms with Crippen molar-refractivity contribution >= 4 is 39.9 Å². The zero-order valence-corrected chi connectivity index (χ0v) is 23.1. The van der Waals surface area contributed by atoms with Gasteiger partial charge in [0.25, 0.3) is 5.56 Å². The molecule has 1 atom stereocenters. The summed E-state index contributed by atoms with van der Waals surface area (Å²) in [5.41, 5.74) is 4.05. The lowest BCUT2D eigenvalue weighted by atomic mass is 9.99. The van der Waals surface area contributed by atoms with Gasteiger partial charge in [-0.25, -0.2) is 4.68 Å². The Kier molecular flexibility index (Phi) is 7.50. The average molecular weight is 562 g/mol. The van der Waals surface area contributed by atoms with Gasteiger partial charge in [0, 0.05) is 39.7 Å². The molecule has 0 aliphatic heterocycles. The first-order valence-electron chi connectivity index (χ1n) is 12.3. The number of halogens is 2. The van der Waals surface area contributed by atoms with Gasteiger partial charge in [0.05, 0.1) is 36.7 Å². The summed E-state index contributed by atoms with van der Waals surface area (Å²) in [4.78, 5) is 31.4.